The van der Waals surface area contributed by atoms with Crippen molar-refractivity contribution in [1.82, 2.24) is 0 Å². The highest BCUT2D eigenvalue weighted by Crippen LogP contribution is 2.40. The van der Waals surface area contributed by atoms with Gasteiger partial charge in [-0.1, -0.05) is 60.7 Å². The molecule has 1 atom stereocenters. The number of carbonyl (C=O) groups is 1. The fraction of sp³-hybridized carbons (Fsp3) is 0.0870. The molecule has 0 fully saturated rings. The fourth-order valence-corrected chi connectivity index (χ4v) is 3.87. The van der Waals surface area contributed by atoms with E-state index in [0.29, 0.717) is 12.2 Å². The Morgan fingerprint density at radius 1 is 0.885 bits per heavy atom. The molecule has 26 heavy (non-hydrogen) atoms. The largest absolute Gasteiger partial charge is 0.478 e. The summed E-state index contributed by atoms with van der Waals surface area (Å²) >= 11 is 0. The summed E-state index contributed by atoms with van der Waals surface area (Å²) in [5.41, 5.74) is -1.36. The van der Waals surface area contributed by atoms with Crippen molar-refractivity contribution in [1.29, 1.82) is 0 Å². The molecule has 126 valence electrons. The first-order chi connectivity index (χ1) is 12.7. The summed E-state index contributed by atoms with van der Waals surface area (Å²) in [6, 6.07) is 18.4. The van der Waals surface area contributed by atoms with Crippen molar-refractivity contribution >= 4 is 38.3 Å². The Morgan fingerprint density at radius 2 is 1.58 bits per heavy atom. The maximum atomic E-state index is 11.9. The molecule has 0 saturated carbocycles. The molecule has 0 radical (unpaired) electrons. The van der Waals surface area contributed by atoms with Crippen LogP contribution in [0.15, 0.2) is 78.9 Å². The number of carboxylic acids is 1. The lowest BCUT2D eigenvalue weighted by Crippen LogP contribution is -2.43. The van der Waals surface area contributed by atoms with Crippen LogP contribution in [0.5, 0.6) is 5.75 Å². The predicted molar refractivity (Wildman–Crippen MR) is 104 cm³/mol. The summed E-state index contributed by atoms with van der Waals surface area (Å²) in [6.07, 6.45) is 7.32. The van der Waals surface area contributed by atoms with E-state index in [-0.39, 0.29) is 0 Å². The van der Waals surface area contributed by atoms with E-state index in [4.69, 9.17) is 4.74 Å². The highest BCUT2D eigenvalue weighted by Gasteiger charge is 2.38. The quantitative estimate of drug-likeness (QED) is 0.515. The van der Waals surface area contributed by atoms with E-state index in [9.17, 15) is 9.90 Å². The Labute approximate surface area is 150 Å². The molecule has 0 spiro atoms. The average molecular weight is 340 g/mol. The monoisotopic (exact) mass is 340 g/mol. The van der Waals surface area contributed by atoms with Gasteiger partial charge in [0.05, 0.1) is 0 Å². The van der Waals surface area contributed by atoms with E-state index in [0.717, 1.165) is 16.2 Å². The van der Waals surface area contributed by atoms with Crippen LogP contribution in [0.4, 0.5) is 0 Å². The highest BCUT2D eigenvalue weighted by atomic mass is 16.5. The number of rotatable bonds is 3. The molecule has 4 aromatic rings. The van der Waals surface area contributed by atoms with Gasteiger partial charge in [0.1, 0.15) is 5.75 Å². The van der Waals surface area contributed by atoms with Gasteiger partial charge in [-0.3, -0.25) is 0 Å². The molecule has 1 unspecified atom stereocenters. The maximum Gasteiger partial charge on any atom is 0.352 e. The molecule has 0 aromatic heterocycles. The first kappa shape index (κ1) is 15.0. The topological polar surface area (TPSA) is 46.5 Å². The van der Waals surface area contributed by atoms with Crippen LogP contribution in [0, 0.1) is 0 Å². The first-order valence-corrected chi connectivity index (χ1v) is 8.61. The van der Waals surface area contributed by atoms with Crippen molar-refractivity contribution in [3.63, 3.8) is 0 Å². The molecular formula is C23H16O3. The zero-order chi connectivity index (χ0) is 17.7. The van der Waals surface area contributed by atoms with Gasteiger partial charge in [0.25, 0.3) is 0 Å². The summed E-state index contributed by atoms with van der Waals surface area (Å²) in [5, 5.41) is 16.5. The van der Waals surface area contributed by atoms with Gasteiger partial charge in [-0.2, -0.15) is 0 Å². The zero-order valence-electron chi connectivity index (χ0n) is 14.0. The molecule has 4 aromatic carbocycles. The van der Waals surface area contributed by atoms with Crippen molar-refractivity contribution in [2.45, 2.75) is 12.0 Å². The number of benzene rings is 4. The Balaban J connectivity index is 1.77. The van der Waals surface area contributed by atoms with E-state index in [2.05, 4.69) is 36.4 Å². The van der Waals surface area contributed by atoms with Crippen LogP contribution in [-0.2, 0) is 4.79 Å². The number of carboxylic acid groups (broad SMARTS) is 1. The molecule has 0 heterocycles. The molecule has 0 saturated heterocycles. The van der Waals surface area contributed by atoms with Crippen LogP contribution in [0.3, 0.4) is 0 Å². The second-order valence-electron chi connectivity index (χ2n) is 6.71. The third-order valence-electron chi connectivity index (χ3n) is 5.18. The summed E-state index contributed by atoms with van der Waals surface area (Å²) < 4.78 is 6.12. The third kappa shape index (κ3) is 2.04. The molecule has 5 rings (SSSR count). The number of aliphatic carboxylic acids is 1. The summed E-state index contributed by atoms with van der Waals surface area (Å²) in [7, 11) is 0. The Bertz CT molecular complexity index is 1200. The first-order valence-electron chi connectivity index (χ1n) is 8.61. The number of allylic oxidation sites excluding steroid dienone is 2. The van der Waals surface area contributed by atoms with Crippen LogP contribution >= 0.6 is 0 Å². The molecule has 1 aliphatic rings. The van der Waals surface area contributed by atoms with Crippen LogP contribution in [0.1, 0.15) is 6.42 Å². The second kappa shape index (κ2) is 5.33. The van der Waals surface area contributed by atoms with Gasteiger partial charge in [-0.05, 0) is 39.8 Å². The molecule has 1 aliphatic carbocycles. The minimum atomic E-state index is -1.36. The van der Waals surface area contributed by atoms with E-state index in [1.807, 2.05) is 30.4 Å². The van der Waals surface area contributed by atoms with Gasteiger partial charge >= 0.3 is 5.97 Å². The van der Waals surface area contributed by atoms with E-state index in [1.165, 1.54) is 16.2 Å². The summed E-state index contributed by atoms with van der Waals surface area (Å²) in [5.74, 6) is -0.387. The standard InChI is InChI=1S/C23H16O3/c24-22(25)23(13-2-1-3-14-23)26-19-12-10-17-8-7-15-5-4-6-16-9-11-18(19)21(17)20(15)16/h1-13H,14H2,(H,24,25). The fourth-order valence-electron chi connectivity index (χ4n) is 3.87. The second-order valence-corrected chi connectivity index (χ2v) is 6.71. The van der Waals surface area contributed by atoms with Crippen molar-refractivity contribution in [3.05, 3.63) is 78.9 Å². The summed E-state index contributed by atoms with van der Waals surface area (Å²) in [6.45, 7) is 0. The SMILES string of the molecule is O=C(O)C1(Oc2ccc3ccc4cccc5ccc2c3c45)C=CC=CC1. The molecule has 0 bridgehead atoms. The van der Waals surface area contributed by atoms with Crippen molar-refractivity contribution in [3.8, 4) is 5.75 Å². The Hall–Kier alpha value is -3.33. The van der Waals surface area contributed by atoms with Gasteiger partial charge in [-0.25, -0.2) is 4.79 Å². The molecular weight excluding hydrogens is 324 g/mol. The van der Waals surface area contributed by atoms with Gasteiger partial charge in [0.2, 0.25) is 5.60 Å². The highest BCUT2D eigenvalue weighted by molar-refractivity contribution is 6.24. The van der Waals surface area contributed by atoms with Crippen molar-refractivity contribution < 1.29 is 14.6 Å². The molecule has 3 nitrogen and oxygen atoms in total. The lowest BCUT2D eigenvalue weighted by atomic mass is 9.92. The molecule has 1 N–H and O–H groups in total. The maximum absolute atomic E-state index is 11.9. The molecule has 0 amide bonds. The predicted octanol–water partition coefficient (Wildman–Crippen LogP) is 5.30. The Morgan fingerprint density at radius 3 is 2.27 bits per heavy atom. The van der Waals surface area contributed by atoms with Crippen LogP contribution in [-0.4, -0.2) is 16.7 Å². The van der Waals surface area contributed by atoms with Crippen LogP contribution < -0.4 is 4.74 Å². The lowest BCUT2D eigenvalue weighted by Gasteiger charge is -2.28. The van der Waals surface area contributed by atoms with E-state index < -0.39 is 11.6 Å². The van der Waals surface area contributed by atoms with Gasteiger partial charge in [0.15, 0.2) is 0 Å². The number of hydrogen-bond acceptors (Lipinski definition) is 2. The lowest BCUT2D eigenvalue weighted by molar-refractivity contribution is -0.150. The molecule has 3 heteroatoms. The minimum Gasteiger partial charge on any atom is -0.478 e. The van der Waals surface area contributed by atoms with Crippen molar-refractivity contribution in [2.75, 3.05) is 0 Å². The van der Waals surface area contributed by atoms with Crippen LogP contribution in [0.2, 0.25) is 0 Å². The number of ether oxygens (including phenoxy) is 1. The number of hydrogen-bond donors (Lipinski definition) is 1. The zero-order valence-corrected chi connectivity index (χ0v) is 14.0. The molecule has 0 aliphatic heterocycles. The third-order valence-corrected chi connectivity index (χ3v) is 5.18. The van der Waals surface area contributed by atoms with Gasteiger partial charge in [-0.15, -0.1) is 0 Å². The van der Waals surface area contributed by atoms with Gasteiger partial charge < -0.3 is 9.84 Å². The van der Waals surface area contributed by atoms with E-state index in [1.54, 1.807) is 12.2 Å². The normalized spacial score (nSPS) is 19.5. The average Bonchev–Trinajstić information content (AvgIpc) is 2.68. The Kier molecular flexibility index (Phi) is 3.07. The summed E-state index contributed by atoms with van der Waals surface area (Å²) in [4.78, 5) is 11.9. The van der Waals surface area contributed by atoms with Crippen molar-refractivity contribution in [2.24, 2.45) is 0 Å². The van der Waals surface area contributed by atoms with Crippen LogP contribution in [0.25, 0.3) is 32.3 Å². The van der Waals surface area contributed by atoms with E-state index >= 15 is 0 Å². The minimum absolute atomic E-state index is 0.306. The smallest absolute Gasteiger partial charge is 0.352 e. The van der Waals surface area contributed by atoms with Gasteiger partial charge in [0, 0.05) is 17.2 Å².